The lowest BCUT2D eigenvalue weighted by Gasteiger charge is -2.27. The molecule has 0 spiro atoms. The lowest BCUT2D eigenvalue weighted by molar-refractivity contribution is 0.429. The Kier molecular flexibility index (Phi) is 3.87. The number of hydrazone groups is 1. The Bertz CT molecular complexity index is 703. The second kappa shape index (κ2) is 5.56. The minimum atomic E-state index is -0.110. The van der Waals surface area contributed by atoms with Gasteiger partial charge in [-0.1, -0.05) is 50.0 Å². The van der Waals surface area contributed by atoms with Crippen molar-refractivity contribution in [1.29, 1.82) is 0 Å². The maximum atomic E-state index is 6.38. The molecule has 2 unspecified atom stereocenters. The van der Waals surface area contributed by atoms with Crippen LogP contribution < -0.4 is 5.43 Å². The number of hydrogen-bond acceptors (Lipinski definition) is 4. The summed E-state index contributed by atoms with van der Waals surface area (Å²) < 4.78 is 1.82. The zero-order valence-corrected chi connectivity index (χ0v) is 14.1. The minimum absolute atomic E-state index is 0.0822. The van der Waals surface area contributed by atoms with E-state index in [0.717, 1.165) is 11.3 Å². The van der Waals surface area contributed by atoms with Crippen molar-refractivity contribution >= 4 is 28.9 Å². The maximum absolute atomic E-state index is 6.38. The molecule has 1 aromatic carbocycles. The Hall–Kier alpha value is -1.59. The van der Waals surface area contributed by atoms with Crippen LogP contribution in [0.5, 0.6) is 0 Å². The zero-order chi connectivity index (χ0) is 15.9. The van der Waals surface area contributed by atoms with Crippen LogP contribution in [0.4, 0.5) is 0 Å². The van der Waals surface area contributed by atoms with Gasteiger partial charge in [0.2, 0.25) is 0 Å². The lowest BCUT2D eigenvalue weighted by atomic mass is 9.82. The molecule has 2 heterocycles. The van der Waals surface area contributed by atoms with Crippen molar-refractivity contribution in [3.8, 4) is 0 Å². The predicted molar refractivity (Wildman–Crippen MR) is 88.3 cm³/mol. The fourth-order valence-corrected chi connectivity index (χ4v) is 3.20. The number of hydrogen-bond donors (Lipinski definition) is 1. The predicted octanol–water partition coefficient (Wildman–Crippen LogP) is 3.87. The summed E-state index contributed by atoms with van der Waals surface area (Å²) in [6.07, 6.45) is 3.23. The molecule has 2 atom stereocenters. The SMILES string of the molecule is CC(C)(C)C1=NNC(c2ccc(Cl)cc2Cl)C1n1cncn1. The first-order valence-electron chi connectivity index (χ1n) is 7.00. The third-order valence-corrected chi connectivity index (χ3v) is 4.27. The van der Waals surface area contributed by atoms with E-state index < -0.39 is 0 Å². The van der Waals surface area contributed by atoms with E-state index in [1.807, 2.05) is 16.8 Å². The minimum Gasteiger partial charge on any atom is -0.300 e. The average Bonchev–Trinajstić information content (AvgIpc) is 3.06. The van der Waals surface area contributed by atoms with Gasteiger partial charge >= 0.3 is 0 Å². The summed E-state index contributed by atoms with van der Waals surface area (Å²) in [5.41, 5.74) is 5.05. The smallest absolute Gasteiger partial charge is 0.137 e. The van der Waals surface area contributed by atoms with Gasteiger partial charge in [-0.2, -0.15) is 10.2 Å². The molecule has 0 aliphatic carbocycles. The molecule has 1 N–H and O–H groups in total. The zero-order valence-electron chi connectivity index (χ0n) is 12.6. The Labute approximate surface area is 139 Å². The van der Waals surface area contributed by atoms with Crippen molar-refractivity contribution in [1.82, 2.24) is 20.2 Å². The van der Waals surface area contributed by atoms with Crippen LogP contribution in [0.25, 0.3) is 0 Å². The van der Waals surface area contributed by atoms with E-state index in [2.05, 4.69) is 41.4 Å². The van der Waals surface area contributed by atoms with Crippen LogP contribution in [0.3, 0.4) is 0 Å². The van der Waals surface area contributed by atoms with Crippen molar-refractivity contribution in [3.63, 3.8) is 0 Å². The van der Waals surface area contributed by atoms with Crippen molar-refractivity contribution in [2.24, 2.45) is 10.5 Å². The summed E-state index contributed by atoms with van der Waals surface area (Å²) in [4.78, 5) is 4.06. The quantitative estimate of drug-likeness (QED) is 0.904. The highest BCUT2D eigenvalue weighted by Gasteiger charge is 2.41. The third-order valence-electron chi connectivity index (χ3n) is 3.71. The first-order valence-corrected chi connectivity index (χ1v) is 7.76. The number of aromatic nitrogens is 3. The summed E-state index contributed by atoms with van der Waals surface area (Å²) in [5, 5.41) is 10.1. The van der Waals surface area contributed by atoms with Gasteiger partial charge in [-0.25, -0.2) is 9.67 Å². The van der Waals surface area contributed by atoms with Crippen LogP contribution >= 0.6 is 23.2 Å². The van der Waals surface area contributed by atoms with E-state index in [0.29, 0.717) is 10.0 Å². The Morgan fingerprint density at radius 1 is 1.23 bits per heavy atom. The van der Waals surface area contributed by atoms with E-state index in [9.17, 15) is 0 Å². The molecule has 1 aliphatic heterocycles. The van der Waals surface area contributed by atoms with Gasteiger partial charge in [-0.15, -0.1) is 0 Å². The second-order valence-electron chi connectivity index (χ2n) is 6.34. The van der Waals surface area contributed by atoms with Gasteiger partial charge in [0, 0.05) is 15.5 Å². The molecule has 0 saturated carbocycles. The van der Waals surface area contributed by atoms with Crippen LogP contribution in [0.15, 0.2) is 36.0 Å². The molecule has 1 aliphatic rings. The van der Waals surface area contributed by atoms with Crippen molar-refractivity contribution < 1.29 is 0 Å². The molecule has 3 rings (SSSR count). The number of halogens is 2. The maximum Gasteiger partial charge on any atom is 0.137 e. The Morgan fingerprint density at radius 3 is 2.59 bits per heavy atom. The molecular weight excluding hydrogens is 321 g/mol. The molecule has 22 heavy (non-hydrogen) atoms. The van der Waals surface area contributed by atoms with Crippen LogP contribution in [0, 0.1) is 5.41 Å². The average molecular weight is 338 g/mol. The monoisotopic (exact) mass is 337 g/mol. The van der Waals surface area contributed by atoms with E-state index in [4.69, 9.17) is 23.2 Å². The first kappa shape index (κ1) is 15.3. The van der Waals surface area contributed by atoms with Crippen molar-refractivity contribution in [2.75, 3.05) is 0 Å². The molecule has 0 fully saturated rings. The summed E-state index contributed by atoms with van der Waals surface area (Å²) >= 11 is 12.4. The molecule has 0 bridgehead atoms. The van der Waals surface area contributed by atoms with Crippen LogP contribution in [-0.2, 0) is 0 Å². The third kappa shape index (κ3) is 2.71. The Balaban J connectivity index is 2.05. The number of rotatable bonds is 2. The number of nitrogens with one attached hydrogen (secondary N) is 1. The summed E-state index contributed by atoms with van der Waals surface area (Å²) in [6.45, 7) is 6.38. The molecule has 0 amide bonds. The molecule has 0 saturated heterocycles. The van der Waals surface area contributed by atoms with Crippen molar-refractivity contribution in [3.05, 3.63) is 46.5 Å². The molecule has 116 valence electrons. The van der Waals surface area contributed by atoms with Gasteiger partial charge in [0.05, 0.1) is 11.8 Å². The van der Waals surface area contributed by atoms with Gasteiger partial charge in [-0.05, 0) is 17.7 Å². The van der Waals surface area contributed by atoms with E-state index in [-0.39, 0.29) is 17.5 Å². The van der Waals surface area contributed by atoms with Gasteiger partial charge in [-0.3, -0.25) is 5.43 Å². The largest absolute Gasteiger partial charge is 0.300 e. The van der Waals surface area contributed by atoms with Crippen LogP contribution in [0.2, 0.25) is 10.0 Å². The number of nitrogens with zero attached hydrogens (tertiary/aromatic N) is 4. The molecule has 7 heteroatoms. The summed E-state index contributed by atoms with van der Waals surface area (Å²) in [6, 6.07) is 5.31. The van der Waals surface area contributed by atoms with E-state index in [1.54, 1.807) is 12.4 Å². The van der Waals surface area contributed by atoms with Crippen molar-refractivity contribution in [2.45, 2.75) is 32.9 Å². The van der Waals surface area contributed by atoms with E-state index >= 15 is 0 Å². The van der Waals surface area contributed by atoms with E-state index in [1.165, 1.54) is 6.33 Å². The van der Waals surface area contributed by atoms with Crippen LogP contribution in [-0.4, -0.2) is 20.5 Å². The first-order chi connectivity index (χ1) is 10.4. The van der Waals surface area contributed by atoms with Gasteiger partial charge in [0.15, 0.2) is 0 Å². The highest BCUT2D eigenvalue weighted by atomic mass is 35.5. The topological polar surface area (TPSA) is 55.1 Å². The fourth-order valence-electron chi connectivity index (χ4n) is 2.68. The molecule has 1 aromatic heterocycles. The number of benzene rings is 1. The Morgan fingerprint density at radius 2 is 2.00 bits per heavy atom. The molecule has 5 nitrogen and oxygen atoms in total. The van der Waals surface area contributed by atoms with Gasteiger partial charge in [0.1, 0.15) is 18.7 Å². The molecule has 2 aromatic rings. The lowest BCUT2D eigenvalue weighted by Crippen LogP contribution is -2.32. The van der Waals surface area contributed by atoms with Gasteiger partial charge < -0.3 is 0 Å². The summed E-state index contributed by atoms with van der Waals surface area (Å²) in [7, 11) is 0. The van der Waals surface area contributed by atoms with Crippen LogP contribution in [0.1, 0.15) is 38.4 Å². The second-order valence-corrected chi connectivity index (χ2v) is 7.18. The highest BCUT2D eigenvalue weighted by molar-refractivity contribution is 6.35. The molecule has 0 radical (unpaired) electrons. The normalized spacial score (nSPS) is 21.6. The fraction of sp³-hybridized carbons (Fsp3) is 0.400. The molecular formula is C15H17Cl2N5. The summed E-state index contributed by atoms with van der Waals surface area (Å²) in [5.74, 6) is 0. The van der Waals surface area contributed by atoms with Gasteiger partial charge in [0.25, 0.3) is 0 Å². The standard InChI is InChI=1S/C15H17Cl2N5/c1-15(2,3)14-13(22-8-18-7-19-22)12(20-21-14)10-5-4-9(16)6-11(10)17/h4-8,12-13,20H,1-3H3. The highest BCUT2D eigenvalue weighted by Crippen LogP contribution is 2.40.